The minimum Gasteiger partial charge on any atom is -0.490 e. The second kappa shape index (κ2) is 9.36. The summed E-state index contributed by atoms with van der Waals surface area (Å²) in [7, 11) is -4.10. The van der Waals surface area contributed by atoms with E-state index in [0.29, 0.717) is 21.7 Å². The van der Waals surface area contributed by atoms with Crippen LogP contribution in [0, 0.1) is 11.3 Å². The van der Waals surface area contributed by atoms with Gasteiger partial charge in [0.05, 0.1) is 6.61 Å². The molecule has 4 aromatic rings. The molecule has 9 heteroatoms. The predicted molar refractivity (Wildman–Crippen MR) is 124 cm³/mol. The highest BCUT2D eigenvalue weighted by atomic mass is 35.5. The molecule has 1 heterocycles. The summed E-state index contributed by atoms with van der Waals surface area (Å²) in [5.41, 5.74) is 1.99. The fourth-order valence-corrected chi connectivity index (χ4v) is 4.08. The summed E-state index contributed by atoms with van der Waals surface area (Å²) >= 11 is 5.83. The Kier molecular flexibility index (Phi) is 6.36. The number of benzene rings is 3. The summed E-state index contributed by atoms with van der Waals surface area (Å²) in [6.45, 7) is 2.04. The number of nitriles is 1. The Hall–Kier alpha value is -3.80. The van der Waals surface area contributed by atoms with Crippen LogP contribution < -0.4 is 8.92 Å². The summed E-state index contributed by atoms with van der Waals surface area (Å²) in [6, 6.07) is 19.6. The van der Waals surface area contributed by atoms with E-state index in [2.05, 4.69) is 11.1 Å². The number of fused-ring (bicyclic) bond motifs is 1. The molecule has 0 aliphatic carbocycles. The topological polar surface area (TPSA) is 102 Å². The number of halogens is 1. The molecule has 0 spiro atoms. The SMILES string of the molecule is CCOc1cc(/C=C(\C#N)c2nc3ccccc3o2)ccc1OS(=O)(=O)c1ccc(Cl)cc1. The summed E-state index contributed by atoms with van der Waals surface area (Å²) in [5.74, 6) is 0.408. The maximum atomic E-state index is 12.7. The number of allylic oxidation sites excluding steroid dienone is 1. The van der Waals surface area contributed by atoms with Crippen LogP contribution in [0.4, 0.5) is 0 Å². The molecule has 0 N–H and O–H groups in total. The molecule has 1 aromatic heterocycles. The molecular formula is C24H17ClN2O5S. The minimum atomic E-state index is -4.10. The maximum Gasteiger partial charge on any atom is 0.339 e. The molecule has 33 heavy (non-hydrogen) atoms. The first-order valence-corrected chi connectivity index (χ1v) is 11.6. The Labute approximate surface area is 195 Å². The van der Waals surface area contributed by atoms with Gasteiger partial charge in [-0.25, -0.2) is 4.98 Å². The number of rotatable bonds is 7. The van der Waals surface area contributed by atoms with Crippen molar-refractivity contribution in [3.05, 3.63) is 83.2 Å². The van der Waals surface area contributed by atoms with Crippen molar-refractivity contribution >= 4 is 44.5 Å². The molecular weight excluding hydrogens is 464 g/mol. The van der Waals surface area contributed by atoms with E-state index in [1.165, 1.54) is 30.3 Å². The third-order valence-electron chi connectivity index (χ3n) is 4.53. The molecule has 4 rings (SSSR count). The Morgan fingerprint density at radius 3 is 2.58 bits per heavy atom. The molecule has 0 unspecified atom stereocenters. The number of ether oxygens (including phenoxy) is 1. The fraction of sp³-hybridized carbons (Fsp3) is 0.0833. The van der Waals surface area contributed by atoms with E-state index in [-0.39, 0.29) is 34.5 Å². The van der Waals surface area contributed by atoms with Crippen molar-refractivity contribution in [1.82, 2.24) is 4.98 Å². The van der Waals surface area contributed by atoms with Crippen LogP contribution in [0.1, 0.15) is 18.4 Å². The summed E-state index contributed by atoms with van der Waals surface area (Å²) in [6.07, 6.45) is 1.57. The lowest BCUT2D eigenvalue weighted by molar-refractivity contribution is 0.327. The Morgan fingerprint density at radius 1 is 1.12 bits per heavy atom. The lowest BCUT2D eigenvalue weighted by atomic mass is 10.1. The maximum absolute atomic E-state index is 12.7. The lowest BCUT2D eigenvalue weighted by Crippen LogP contribution is -2.10. The summed E-state index contributed by atoms with van der Waals surface area (Å²) < 4.78 is 41.9. The van der Waals surface area contributed by atoms with Crippen molar-refractivity contribution in [2.24, 2.45) is 0 Å². The van der Waals surface area contributed by atoms with E-state index < -0.39 is 10.1 Å². The number of oxazole rings is 1. The zero-order chi connectivity index (χ0) is 23.4. The molecule has 0 bridgehead atoms. The minimum absolute atomic E-state index is 0.0179. The van der Waals surface area contributed by atoms with Gasteiger partial charge in [0, 0.05) is 5.02 Å². The van der Waals surface area contributed by atoms with Crippen LogP contribution in [0.15, 0.2) is 76.0 Å². The van der Waals surface area contributed by atoms with Crippen LogP contribution in [0.25, 0.3) is 22.7 Å². The second-order valence-corrected chi connectivity index (χ2v) is 8.77. The van der Waals surface area contributed by atoms with Crippen molar-refractivity contribution < 1.29 is 21.8 Å². The smallest absolute Gasteiger partial charge is 0.339 e. The molecule has 0 amide bonds. The largest absolute Gasteiger partial charge is 0.490 e. The molecule has 0 saturated heterocycles. The highest BCUT2D eigenvalue weighted by Crippen LogP contribution is 2.33. The molecule has 0 radical (unpaired) electrons. The van der Waals surface area contributed by atoms with Gasteiger partial charge in [-0.3, -0.25) is 0 Å². The van der Waals surface area contributed by atoms with Crippen LogP contribution in [-0.2, 0) is 10.1 Å². The number of para-hydroxylation sites is 2. The van der Waals surface area contributed by atoms with Gasteiger partial charge in [0.1, 0.15) is 22.1 Å². The third-order valence-corrected chi connectivity index (χ3v) is 6.03. The standard InChI is InChI=1S/C24H17ClN2O5S/c1-2-30-23-14-16(13-17(15-26)24-27-20-5-3-4-6-21(20)31-24)7-12-22(23)32-33(28,29)19-10-8-18(25)9-11-19/h3-14H,2H2,1H3/b17-13+. The van der Waals surface area contributed by atoms with Gasteiger partial charge in [0.2, 0.25) is 5.89 Å². The molecule has 0 aliphatic heterocycles. The van der Waals surface area contributed by atoms with Gasteiger partial charge in [-0.05, 0) is 67.1 Å². The first-order chi connectivity index (χ1) is 15.9. The van der Waals surface area contributed by atoms with Crippen molar-refractivity contribution in [3.63, 3.8) is 0 Å². The zero-order valence-electron chi connectivity index (χ0n) is 17.4. The molecule has 0 fully saturated rings. The van der Waals surface area contributed by atoms with E-state index >= 15 is 0 Å². The number of aromatic nitrogens is 1. The average Bonchev–Trinajstić information content (AvgIpc) is 3.23. The van der Waals surface area contributed by atoms with Gasteiger partial charge in [0.25, 0.3) is 0 Å². The monoisotopic (exact) mass is 480 g/mol. The van der Waals surface area contributed by atoms with Gasteiger partial charge in [-0.1, -0.05) is 29.8 Å². The van der Waals surface area contributed by atoms with Gasteiger partial charge < -0.3 is 13.3 Å². The van der Waals surface area contributed by atoms with Crippen LogP contribution >= 0.6 is 11.6 Å². The van der Waals surface area contributed by atoms with E-state index in [4.69, 9.17) is 24.9 Å². The van der Waals surface area contributed by atoms with E-state index in [1.54, 1.807) is 37.3 Å². The second-order valence-electron chi connectivity index (χ2n) is 6.79. The molecule has 0 saturated carbocycles. The Morgan fingerprint density at radius 2 is 1.88 bits per heavy atom. The average molecular weight is 481 g/mol. The van der Waals surface area contributed by atoms with Crippen molar-refractivity contribution in [1.29, 1.82) is 5.26 Å². The molecule has 3 aromatic carbocycles. The quantitative estimate of drug-likeness (QED) is 0.246. The van der Waals surface area contributed by atoms with Crippen LogP contribution in [0.2, 0.25) is 5.02 Å². The normalized spacial score (nSPS) is 11.8. The molecule has 0 atom stereocenters. The number of nitrogens with zero attached hydrogens (tertiary/aromatic N) is 2. The van der Waals surface area contributed by atoms with Gasteiger partial charge >= 0.3 is 10.1 Å². The van der Waals surface area contributed by atoms with Gasteiger partial charge in [-0.15, -0.1) is 0 Å². The Balaban J connectivity index is 1.67. The van der Waals surface area contributed by atoms with Crippen molar-refractivity contribution in [2.45, 2.75) is 11.8 Å². The first-order valence-electron chi connectivity index (χ1n) is 9.84. The van der Waals surface area contributed by atoms with Crippen LogP contribution in [-0.4, -0.2) is 20.0 Å². The predicted octanol–water partition coefficient (Wildman–Crippen LogP) is 5.71. The summed E-state index contributed by atoms with van der Waals surface area (Å²) in [5, 5.41) is 10.0. The van der Waals surface area contributed by atoms with Gasteiger partial charge in [-0.2, -0.15) is 13.7 Å². The number of hydrogen-bond donors (Lipinski definition) is 0. The first kappa shape index (κ1) is 22.4. The lowest BCUT2D eigenvalue weighted by Gasteiger charge is -2.12. The Bertz CT molecular complexity index is 1450. The molecule has 0 aliphatic rings. The molecule has 7 nitrogen and oxygen atoms in total. The van der Waals surface area contributed by atoms with Gasteiger partial charge in [0.15, 0.2) is 17.1 Å². The van der Waals surface area contributed by atoms with Crippen molar-refractivity contribution in [2.75, 3.05) is 6.61 Å². The van der Waals surface area contributed by atoms with E-state index in [1.807, 2.05) is 12.1 Å². The van der Waals surface area contributed by atoms with Crippen molar-refractivity contribution in [3.8, 4) is 17.6 Å². The van der Waals surface area contributed by atoms with Crippen LogP contribution in [0.5, 0.6) is 11.5 Å². The zero-order valence-corrected chi connectivity index (χ0v) is 18.9. The fourth-order valence-electron chi connectivity index (χ4n) is 3.02. The van der Waals surface area contributed by atoms with E-state index in [0.717, 1.165) is 0 Å². The van der Waals surface area contributed by atoms with Crippen LogP contribution in [0.3, 0.4) is 0 Å². The third kappa shape index (κ3) is 5.00. The summed E-state index contributed by atoms with van der Waals surface area (Å²) in [4.78, 5) is 4.30. The van der Waals surface area contributed by atoms with E-state index in [9.17, 15) is 13.7 Å². The number of hydrogen-bond acceptors (Lipinski definition) is 7. The highest BCUT2D eigenvalue weighted by Gasteiger charge is 2.20. The highest BCUT2D eigenvalue weighted by molar-refractivity contribution is 7.87. The molecule has 166 valence electrons.